The normalized spacial score (nSPS) is 13.3. The van der Waals surface area contributed by atoms with Gasteiger partial charge in [0, 0.05) is 49.9 Å². The van der Waals surface area contributed by atoms with Crippen LogP contribution >= 0.6 is 0 Å². The van der Waals surface area contributed by atoms with Crippen molar-refractivity contribution in [3.05, 3.63) is 54.9 Å². The molecule has 0 bridgehead atoms. The second-order valence-corrected chi connectivity index (χ2v) is 8.60. The fourth-order valence-corrected chi connectivity index (χ4v) is 4.21. The standard InChI is InChI=1S/C26H27N7O3/c1-17(34)28-19-7-9-20(10-8-19)29-25-23-26(31-24(30-25)18-5-11-21(36-2)12-6-18)33(16-27-23)15-14-32-13-3-4-22(32)35/h5-12,16H,3-4,13-15H2,1-2H3,(H,28,34)(H,29,30,31). The molecule has 2 amide bonds. The molecule has 0 atom stereocenters. The van der Waals surface area contributed by atoms with Crippen molar-refractivity contribution < 1.29 is 14.3 Å². The number of imidazole rings is 1. The van der Waals surface area contributed by atoms with Crippen LogP contribution < -0.4 is 15.4 Å². The third-order valence-corrected chi connectivity index (χ3v) is 6.06. The second kappa shape index (κ2) is 10.0. The highest BCUT2D eigenvalue weighted by atomic mass is 16.5. The highest BCUT2D eigenvalue weighted by Crippen LogP contribution is 2.28. The number of carbonyl (C=O) groups excluding carboxylic acids is 2. The van der Waals surface area contributed by atoms with Gasteiger partial charge in [-0.15, -0.1) is 0 Å². The molecule has 3 heterocycles. The minimum absolute atomic E-state index is 0.126. The van der Waals surface area contributed by atoms with E-state index in [1.54, 1.807) is 13.4 Å². The molecule has 4 aromatic rings. The zero-order valence-electron chi connectivity index (χ0n) is 20.2. The van der Waals surface area contributed by atoms with Crippen molar-refractivity contribution in [2.75, 3.05) is 30.8 Å². The summed E-state index contributed by atoms with van der Waals surface area (Å²) < 4.78 is 7.24. The average molecular weight is 486 g/mol. The first-order chi connectivity index (χ1) is 17.5. The van der Waals surface area contributed by atoms with Gasteiger partial charge in [0.05, 0.1) is 13.4 Å². The van der Waals surface area contributed by atoms with Gasteiger partial charge in [0.1, 0.15) is 5.75 Å². The Balaban J connectivity index is 1.49. The molecule has 0 unspecified atom stereocenters. The summed E-state index contributed by atoms with van der Waals surface area (Å²) >= 11 is 0. The molecule has 0 radical (unpaired) electrons. The Morgan fingerprint density at radius 1 is 1.03 bits per heavy atom. The first-order valence-corrected chi connectivity index (χ1v) is 11.8. The van der Waals surface area contributed by atoms with Crippen molar-refractivity contribution in [3.63, 3.8) is 0 Å². The van der Waals surface area contributed by atoms with Crippen molar-refractivity contribution in [2.24, 2.45) is 0 Å². The molecule has 2 aromatic carbocycles. The number of fused-ring (bicyclic) bond motifs is 1. The Morgan fingerprint density at radius 2 is 1.78 bits per heavy atom. The van der Waals surface area contributed by atoms with Gasteiger partial charge < -0.3 is 24.8 Å². The Labute approximate surface area is 208 Å². The van der Waals surface area contributed by atoms with E-state index in [1.807, 2.05) is 58.0 Å². The molecule has 0 saturated carbocycles. The van der Waals surface area contributed by atoms with Crippen molar-refractivity contribution in [2.45, 2.75) is 26.3 Å². The van der Waals surface area contributed by atoms with Crippen LogP contribution in [-0.4, -0.2) is 56.4 Å². The number of hydrogen-bond donors (Lipinski definition) is 2. The topological polar surface area (TPSA) is 114 Å². The predicted molar refractivity (Wildman–Crippen MR) is 137 cm³/mol. The fourth-order valence-electron chi connectivity index (χ4n) is 4.21. The molecule has 0 spiro atoms. The maximum absolute atomic E-state index is 12.1. The maximum atomic E-state index is 12.1. The summed E-state index contributed by atoms with van der Waals surface area (Å²) in [4.78, 5) is 39.5. The fraction of sp³-hybridized carbons (Fsp3) is 0.269. The number of rotatable bonds is 8. The van der Waals surface area contributed by atoms with Gasteiger partial charge in [-0.2, -0.15) is 0 Å². The summed E-state index contributed by atoms with van der Waals surface area (Å²) in [6.07, 6.45) is 3.26. The third-order valence-electron chi connectivity index (χ3n) is 6.06. The molecule has 0 aliphatic carbocycles. The lowest BCUT2D eigenvalue weighted by molar-refractivity contribution is -0.127. The molecule has 1 aliphatic rings. The van der Waals surface area contributed by atoms with E-state index in [0.29, 0.717) is 48.0 Å². The summed E-state index contributed by atoms with van der Waals surface area (Å²) in [5, 5.41) is 6.11. The van der Waals surface area contributed by atoms with Crippen molar-refractivity contribution in [3.8, 4) is 17.1 Å². The monoisotopic (exact) mass is 485 g/mol. The summed E-state index contributed by atoms with van der Waals surface area (Å²) in [5.74, 6) is 1.92. The number of likely N-dealkylation sites (tertiary alicyclic amines) is 1. The molecule has 10 nitrogen and oxygen atoms in total. The quantitative estimate of drug-likeness (QED) is 0.390. The van der Waals surface area contributed by atoms with Gasteiger partial charge in [0.2, 0.25) is 11.8 Å². The van der Waals surface area contributed by atoms with Crippen molar-refractivity contribution in [1.82, 2.24) is 24.4 Å². The van der Waals surface area contributed by atoms with Gasteiger partial charge in [-0.05, 0) is 55.0 Å². The molecule has 36 heavy (non-hydrogen) atoms. The van der Waals surface area contributed by atoms with Crippen molar-refractivity contribution in [1.29, 1.82) is 0 Å². The van der Waals surface area contributed by atoms with Gasteiger partial charge in [0.25, 0.3) is 0 Å². The zero-order chi connectivity index (χ0) is 25.1. The lowest BCUT2D eigenvalue weighted by atomic mass is 10.2. The number of anilines is 3. The first-order valence-electron chi connectivity index (χ1n) is 11.8. The number of benzene rings is 2. The molecular formula is C26H27N7O3. The van der Waals surface area contributed by atoms with Crippen molar-refractivity contribution >= 4 is 40.2 Å². The molecule has 10 heteroatoms. The van der Waals surface area contributed by atoms with E-state index in [9.17, 15) is 9.59 Å². The number of aromatic nitrogens is 4. The number of methoxy groups -OCH3 is 1. The van der Waals surface area contributed by atoms with Crippen LogP contribution in [0.4, 0.5) is 17.2 Å². The SMILES string of the molecule is COc1ccc(-c2nc(Nc3ccc(NC(C)=O)cc3)c3ncn(CCN4CCCC4=O)c3n2)cc1. The molecular weight excluding hydrogens is 458 g/mol. The summed E-state index contributed by atoms with van der Waals surface area (Å²) in [6, 6.07) is 14.9. The first kappa shape index (κ1) is 23.3. The van der Waals surface area contributed by atoms with E-state index in [4.69, 9.17) is 14.7 Å². The Morgan fingerprint density at radius 3 is 2.44 bits per heavy atom. The molecule has 1 aliphatic heterocycles. The zero-order valence-corrected chi connectivity index (χ0v) is 20.2. The van der Waals surface area contributed by atoms with E-state index >= 15 is 0 Å². The van der Waals surface area contributed by atoms with Crippen LogP contribution in [0.5, 0.6) is 5.75 Å². The Hall–Kier alpha value is -4.47. The smallest absolute Gasteiger partial charge is 0.222 e. The Bertz CT molecular complexity index is 1400. The lowest BCUT2D eigenvalue weighted by Gasteiger charge is -2.16. The van der Waals surface area contributed by atoms with E-state index in [-0.39, 0.29) is 11.8 Å². The summed E-state index contributed by atoms with van der Waals surface area (Å²) in [5.41, 5.74) is 3.65. The Kier molecular flexibility index (Phi) is 6.48. The maximum Gasteiger partial charge on any atom is 0.222 e. The minimum Gasteiger partial charge on any atom is -0.497 e. The molecule has 1 saturated heterocycles. The lowest BCUT2D eigenvalue weighted by Crippen LogP contribution is -2.28. The highest BCUT2D eigenvalue weighted by Gasteiger charge is 2.21. The van der Waals surface area contributed by atoms with Crippen LogP contribution in [0.3, 0.4) is 0 Å². The molecule has 2 N–H and O–H groups in total. The molecule has 2 aromatic heterocycles. The van der Waals surface area contributed by atoms with Crippen LogP contribution in [0, 0.1) is 0 Å². The largest absolute Gasteiger partial charge is 0.497 e. The number of amides is 2. The van der Waals surface area contributed by atoms with E-state index < -0.39 is 0 Å². The van der Waals surface area contributed by atoms with Crippen LogP contribution in [0.25, 0.3) is 22.6 Å². The molecule has 5 rings (SSSR count). The van der Waals surface area contributed by atoms with Gasteiger partial charge in [-0.1, -0.05) is 0 Å². The van der Waals surface area contributed by atoms with Crippen LogP contribution in [0.2, 0.25) is 0 Å². The second-order valence-electron chi connectivity index (χ2n) is 8.60. The molecule has 1 fully saturated rings. The minimum atomic E-state index is -0.126. The van der Waals surface area contributed by atoms with Crippen LogP contribution in [0.15, 0.2) is 54.9 Å². The number of carbonyl (C=O) groups is 2. The van der Waals surface area contributed by atoms with E-state index in [2.05, 4.69) is 15.6 Å². The van der Waals surface area contributed by atoms with Gasteiger partial charge in [0.15, 0.2) is 22.8 Å². The van der Waals surface area contributed by atoms with Crippen LogP contribution in [-0.2, 0) is 16.1 Å². The summed E-state index contributed by atoms with van der Waals surface area (Å²) in [7, 11) is 1.63. The average Bonchev–Trinajstić information content (AvgIpc) is 3.49. The van der Waals surface area contributed by atoms with Gasteiger partial charge in [-0.3, -0.25) is 9.59 Å². The van der Waals surface area contributed by atoms with E-state index in [0.717, 1.165) is 30.0 Å². The molecule has 184 valence electrons. The number of ether oxygens (including phenoxy) is 1. The number of nitrogens with zero attached hydrogens (tertiary/aromatic N) is 5. The summed E-state index contributed by atoms with van der Waals surface area (Å²) in [6.45, 7) is 3.46. The predicted octanol–water partition coefficient (Wildman–Crippen LogP) is 3.83. The number of hydrogen-bond acceptors (Lipinski definition) is 7. The van der Waals surface area contributed by atoms with E-state index in [1.165, 1.54) is 6.92 Å². The van der Waals surface area contributed by atoms with Gasteiger partial charge >= 0.3 is 0 Å². The third kappa shape index (κ3) is 4.97. The number of nitrogens with one attached hydrogen (secondary N) is 2. The highest BCUT2D eigenvalue weighted by molar-refractivity contribution is 5.90. The van der Waals surface area contributed by atoms with Crippen LogP contribution in [0.1, 0.15) is 19.8 Å². The van der Waals surface area contributed by atoms with Gasteiger partial charge in [-0.25, -0.2) is 15.0 Å².